The summed E-state index contributed by atoms with van der Waals surface area (Å²) in [7, 11) is 0. The Balaban J connectivity index is 1.51. The molecule has 0 aromatic heterocycles. The lowest BCUT2D eigenvalue weighted by molar-refractivity contribution is -0.258. The standard InChI is InChI=1S/C27H31F3N2O4/c1-25(35,27(28,29)30)19-9-7-18(8-10-19)23(33)32(21-11-12-21)22-13-15-26(16-14-22,17-36-24(31)34)20-5-3-2-4-6-20/h2-10,21-22,35H,11-17H2,1H3,(H2,31,34)/t22-,25-,26-/m0/s1. The van der Waals surface area contributed by atoms with Crippen LogP contribution in [-0.2, 0) is 15.8 Å². The van der Waals surface area contributed by atoms with Gasteiger partial charge in [-0.3, -0.25) is 4.79 Å². The van der Waals surface area contributed by atoms with Crippen LogP contribution in [0.1, 0.15) is 66.9 Å². The minimum atomic E-state index is -4.83. The van der Waals surface area contributed by atoms with Gasteiger partial charge in [0.1, 0.15) is 6.61 Å². The fourth-order valence-corrected chi connectivity index (χ4v) is 5.18. The van der Waals surface area contributed by atoms with Crippen molar-refractivity contribution in [1.82, 2.24) is 4.90 Å². The topological polar surface area (TPSA) is 92.9 Å². The average Bonchev–Trinajstić information content (AvgIpc) is 3.69. The Hall–Kier alpha value is -3.07. The maximum absolute atomic E-state index is 13.5. The van der Waals surface area contributed by atoms with Crippen molar-refractivity contribution in [2.75, 3.05) is 6.61 Å². The summed E-state index contributed by atoms with van der Waals surface area (Å²) in [6, 6.07) is 14.9. The van der Waals surface area contributed by atoms with Crippen LogP contribution in [0.3, 0.4) is 0 Å². The van der Waals surface area contributed by atoms with Gasteiger partial charge in [0.15, 0.2) is 5.60 Å². The summed E-state index contributed by atoms with van der Waals surface area (Å²) in [5.74, 6) is -0.221. The maximum Gasteiger partial charge on any atom is 0.421 e. The van der Waals surface area contributed by atoms with Gasteiger partial charge >= 0.3 is 12.3 Å². The van der Waals surface area contributed by atoms with Crippen LogP contribution in [0.4, 0.5) is 18.0 Å². The van der Waals surface area contributed by atoms with E-state index in [1.807, 2.05) is 35.2 Å². The molecule has 2 aliphatic rings. The molecule has 4 rings (SSSR count). The van der Waals surface area contributed by atoms with E-state index in [4.69, 9.17) is 10.5 Å². The molecule has 1 atom stereocenters. The maximum atomic E-state index is 13.5. The van der Waals surface area contributed by atoms with Crippen LogP contribution >= 0.6 is 0 Å². The van der Waals surface area contributed by atoms with Gasteiger partial charge < -0.3 is 20.5 Å². The number of aliphatic hydroxyl groups is 1. The molecule has 0 saturated heterocycles. The summed E-state index contributed by atoms with van der Waals surface area (Å²) in [5, 5.41) is 9.92. The van der Waals surface area contributed by atoms with Gasteiger partial charge in [-0.05, 0) is 68.7 Å². The number of benzene rings is 2. The number of halogens is 3. The molecule has 0 heterocycles. The van der Waals surface area contributed by atoms with Gasteiger partial charge in [-0.25, -0.2) is 4.79 Å². The molecule has 0 spiro atoms. The molecular formula is C27H31F3N2O4. The Morgan fingerprint density at radius 3 is 2.06 bits per heavy atom. The fourth-order valence-electron chi connectivity index (χ4n) is 5.18. The monoisotopic (exact) mass is 504 g/mol. The first-order valence-corrected chi connectivity index (χ1v) is 12.1. The Labute approximate surface area is 208 Å². The summed E-state index contributed by atoms with van der Waals surface area (Å²) in [6.45, 7) is 0.861. The average molecular weight is 505 g/mol. The van der Waals surface area contributed by atoms with Gasteiger partial charge in [-0.1, -0.05) is 42.5 Å². The first kappa shape index (κ1) is 26.0. The summed E-state index contributed by atoms with van der Waals surface area (Å²) >= 11 is 0. The summed E-state index contributed by atoms with van der Waals surface area (Å²) in [4.78, 5) is 26.7. The predicted octanol–water partition coefficient (Wildman–Crippen LogP) is 5.04. The highest BCUT2D eigenvalue weighted by molar-refractivity contribution is 5.95. The number of hydrogen-bond acceptors (Lipinski definition) is 4. The molecule has 2 fully saturated rings. The molecule has 9 heteroatoms. The van der Waals surface area contributed by atoms with Gasteiger partial charge in [-0.15, -0.1) is 0 Å². The van der Waals surface area contributed by atoms with Crippen LogP contribution in [0, 0.1) is 0 Å². The Bertz CT molecular complexity index is 1070. The number of hydrogen-bond donors (Lipinski definition) is 2. The fraction of sp³-hybridized carbons (Fsp3) is 0.481. The number of carbonyl (C=O) groups is 2. The number of nitrogens with zero attached hydrogens (tertiary/aromatic N) is 1. The summed E-state index contributed by atoms with van der Waals surface area (Å²) < 4.78 is 44.8. The zero-order valence-corrected chi connectivity index (χ0v) is 20.1. The molecule has 2 aromatic carbocycles. The van der Waals surface area contributed by atoms with Gasteiger partial charge in [0.25, 0.3) is 5.91 Å². The highest BCUT2D eigenvalue weighted by Gasteiger charge is 2.51. The van der Waals surface area contributed by atoms with Crippen LogP contribution in [0.25, 0.3) is 0 Å². The van der Waals surface area contributed by atoms with E-state index in [1.54, 1.807) is 0 Å². The second-order valence-corrected chi connectivity index (χ2v) is 10.1. The van der Waals surface area contributed by atoms with Crippen molar-refractivity contribution >= 4 is 12.0 Å². The molecule has 2 aliphatic carbocycles. The minimum Gasteiger partial charge on any atom is -0.449 e. The Morgan fingerprint density at radius 2 is 1.56 bits per heavy atom. The number of carbonyl (C=O) groups excluding carboxylic acids is 2. The molecule has 2 saturated carbocycles. The zero-order valence-electron chi connectivity index (χ0n) is 20.1. The molecule has 6 nitrogen and oxygen atoms in total. The third kappa shape index (κ3) is 5.21. The van der Waals surface area contributed by atoms with Crippen LogP contribution in [0.5, 0.6) is 0 Å². The molecule has 0 radical (unpaired) electrons. The Kier molecular flexibility index (Phi) is 7.05. The van der Waals surface area contributed by atoms with Crippen molar-refractivity contribution in [3.63, 3.8) is 0 Å². The molecule has 0 unspecified atom stereocenters. The minimum absolute atomic E-state index is 0.0339. The molecule has 2 amide bonds. The molecular weight excluding hydrogens is 473 g/mol. The second kappa shape index (κ2) is 9.76. The van der Waals surface area contributed by atoms with E-state index in [0.717, 1.165) is 30.5 Å². The van der Waals surface area contributed by atoms with Gasteiger partial charge in [0.2, 0.25) is 0 Å². The van der Waals surface area contributed by atoms with E-state index in [0.29, 0.717) is 38.2 Å². The van der Waals surface area contributed by atoms with E-state index in [1.165, 1.54) is 12.1 Å². The smallest absolute Gasteiger partial charge is 0.421 e. The van der Waals surface area contributed by atoms with Crippen molar-refractivity contribution in [2.24, 2.45) is 5.73 Å². The number of ether oxygens (including phenoxy) is 1. The van der Waals surface area contributed by atoms with E-state index < -0.39 is 23.3 Å². The molecule has 36 heavy (non-hydrogen) atoms. The van der Waals surface area contributed by atoms with Crippen molar-refractivity contribution in [3.8, 4) is 0 Å². The van der Waals surface area contributed by atoms with Crippen molar-refractivity contribution < 1.29 is 32.6 Å². The number of primary amides is 1. The van der Waals surface area contributed by atoms with Gasteiger partial charge in [0, 0.05) is 23.1 Å². The van der Waals surface area contributed by atoms with E-state index in [2.05, 4.69) is 0 Å². The molecule has 194 valence electrons. The number of nitrogens with two attached hydrogens (primary N) is 1. The summed E-state index contributed by atoms with van der Waals surface area (Å²) in [5.41, 5.74) is 2.89. The summed E-state index contributed by atoms with van der Waals surface area (Å²) in [6.07, 6.45) is -1.10. The predicted molar refractivity (Wildman–Crippen MR) is 127 cm³/mol. The van der Waals surface area contributed by atoms with E-state index in [9.17, 15) is 27.9 Å². The van der Waals surface area contributed by atoms with E-state index in [-0.39, 0.29) is 30.2 Å². The van der Waals surface area contributed by atoms with Crippen LogP contribution in [0.2, 0.25) is 0 Å². The molecule has 0 aliphatic heterocycles. The van der Waals surface area contributed by atoms with Crippen molar-refractivity contribution in [1.29, 1.82) is 0 Å². The van der Waals surface area contributed by atoms with Crippen molar-refractivity contribution in [3.05, 3.63) is 71.3 Å². The Morgan fingerprint density at radius 1 is 1.00 bits per heavy atom. The first-order chi connectivity index (χ1) is 16.9. The SMILES string of the molecule is C[C@](O)(c1ccc(C(=O)N(C2CC2)[C@H]2CC[C@](COC(N)=O)(c3ccccc3)CC2)cc1)C(F)(F)F. The van der Waals surface area contributed by atoms with Gasteiger partial charge in [0.05, 0.1) is 0 Å². The third-order valence-electron chi connectivity index (χ3n) is 7.60. The van der Waals surface area contributed by atoms with Gasteiger partial charge in [-0.2, -0.15) is 13.2 Å². The van der Waals surface area contributed by atoms with Crippen LogP contribution in [0.15, 0.2) is 54.6 Å². The largest absolute Gasteiger partial charge is 0.449 e. The highest BCUT2D eigenvalue weighted by Crippen LogP contribution is 2.44. The molecule has 2 aromatic rings. The third-order valence-corrected chi connectivity index (χ3v) is 7.60. The highest BCUT2D eigenvalue weighted by atomic mass is 19.4. The zero-order chi connectivity index (χ0) is 26.1. The van der Waals surface area contributed by atoms with Crippen LogP contribution < -0.4 is 5.73 Å². The van der Waals surface area contributed by atoms with Crippen LogP contribution in [-0.4, -0.2) is 46.9 Å². The lowest BCUT2D eigenvalue weighted by Gasteiger charge is -2.43. The first-order valence-electron chi connectivity index (χ1n) is 12.1. The van der Waals surface area contributed by atoms with E-state index >= 15 is 0 Å². The number of amides is 2. The molecule has 3 N–H and O–H groups in total. The molecule has 0 bridgehead atoms. The number of alkyl halides is 3. The lowest BCUT2D eigenvalue weighted by Crippen LogP contribution is -2.48. The van der Waals surface area contributed by atoms with Crippen molar-refractivity contribution in [2.45, 2.75) is 74.7 Å². The quantitative estimate of drug-likeness (QED) is 0.553. The normalized spacial score (nSPS) is 24.0. The second-order valence-electron chi connectivity index (χ2n) is 10.1. The lowest BCUT2D eigenvalue weighted by atomic mass is 9.68. The number of rotatable bonds is 7.